The Morgan fingerprint density at radius 2 is 1.86 bits per heavy atom. The lowest BCUT2D eigenvalue weighted by Gasteiger charge is -2.13. The molecule has 0 saturated heterocycles. The number of benzene rings is 2. The molecule has 0 atom stereocenters. The lowest BCUT2D eigenvalue weighted by Crippen LogP contribution is -2.31. The summed E-state index contributed by atoms with van der Waals surface area (Å²) in [5.41, 5.74) is 0.528. The van der Waals surface area contributed by atoms with E-state index in [1.807, 2.05) is 0 Å². The molecule has 0 bridgehead atoms. The van der Waals surface area contributed by atoms with Crippen molar-refractivity contribution in [3.63, 3.8) is 0 Å². The minimum Gasteiger partial charge on any atom is -0.457 e. The van der Waals surface area contributed by atoms with E-state index in [2.05, 4.69) is 0 Å². The molecule has 0 N–H and O–H groups in total. The first-order chi connectivity index (χ1) is 13.3. The van der Waals surface area contributed by atoms with Gasteiger partial charge in [-0.2, -0.15) is 0 Å². The van der Waals surface area contributed by atoms with E-state index in [1.165, 1.54) is 36.4 Å². The molecule has 1 heterocycles. The number of carbonyl (C=O) groups excluding carboxylic acids is 2. The van der Waals surface area contributed by atoms with Crippen molar-refractivity contribution in [1.29, 1.82) is 0 Å². The molecule has 2 aliphatic rings. The molecule has 0 unspecified atom stereocenters. The molecular weight excluding hydrogens is 388 g/mol. The summed E-state index contributed by atoms with van der Waals surface area (Å²) in [4.78, 5) is 34.6. The zero-order chi connectivity index (χ0) is 20.1. The van der Waals surface area contributed by atoms with Gasteiger partial charge >= 0.3 is 5.97 Å². The third kappa shape index (κ3) is 3.01. The molecule has 10 heteroatoms. The molecule has 0 aromatic heterocycles. The lowest BCUT2D eigenvalue weighted by atomic mass is 10.1. The van der Waals surface area contributed by atoms with Gasteiger partial charge in [0.05, 0.1) is 16.1 Å². The van der Waals surface area contributed by atoms with Crippen molar-refractivity contribution in [2.45, 2.75) is 30.4 Å². The van der Waals surface area contributed by atoms with Crippen LogP contribution in [0.4, 0.5) is 5.69 Å². The van der Waals surface area contributed by atoms with Crippen LogP contribution in [0.15, 0.2) is 47.4 Å². The zero-order valence-corrected chi connectivity index (χ0v) is 15.2. The van der Waals surface area contributed by atoms with Gasteiger partial charge in [0.25, 0.3) is 21.6 Å². The molecule has 144 valence electrons. The quantitative estimate of drug-likeness (QED) is 0.427. The Bertz CT molecular complexity index is 1110. The largest absolute Gasteiger partial charge is 0.457 e. The number of carbonyl (C=O) groups is 2. The van der Waals surface area contributed by atoms with Gasteiger partial charge in [0.15, 0.2) is 0 Å². The Kier molecular flexibility index (Phi) is 4.15. The third-order valence-electron chi connectivity index (χ3n) is 4.58. The molecule has 28 heavy (non-hydrogen) atoms. The second-order valence-electron chi connectivity index (χ2n) is 6.55. The highest BCUT2D eigenvalue weighted by Gasteiger charge is 2.48. The number of nitrogens with zero attached hydrogens (tertiary/aromatic N) is 2. The number of ether oxygens (including phenoxy) is 1. The maximum Gasteiger partial charge on any atom is 0.338 e. The van der Waals surface area contributed by atoms with Gasteiger partial charge in [0.2, 0.25) is 0 Å². The van der Waals surface area contributed by atoms with Crippen molar-refractivity contribution in [3.05, 3.63) is 69.3 Å². The van der Waals surface area contributed by atoms with Crippen LogP contribution in [0.1, 0.15) is 39.1 Å². The van der Waals surface area contributed by atoms with E-state index in [4.69, 9.17) is 4.74 Å². The van der Waals surface area contributed by atoms with Gasteiger partial charge in [-0.25, -0.2) is 17.5 Å². The predicted octanol–water partition coefficient (Wildman–Crippen LogP) is 2.26. The maximum absolute atomic E-state index is 12.6. The van der Waals surface area contributed by atoms with Crippen LogP contribution >= 0.6 is 0 Å². The summed E-state index contributed by atoms with van der Waals surface area (Å²) in [6, 6.07) is 9.04. The van der Waals surface area contributed by atoms with Crippen LogP contribution < -0.4 is 0 Å². The SMILES string of the molecule is O=C(OCc1ccc([N+](=O)[O-])cc1)c1ccc2c(c1)S(=O)(=O)N(C1CC1)C2=O. The number of non-ortho nitro benzene ring substituents is 1. The highest BCUT2D eigenvalue weighted by molar-refractivity contribution is 7.90. The van der Waals surface area contributed by atoms with Crippen LogP contribution in [0.25, 0.3) is 0 Å². The molecule has 2 aromatic carbocycles. The summed E-state index contributed by atoms with van der Waals surface area (Å²) < 4.78 is 31.3. The Morgan fingerprint density at radius 1 is 1.18 bits per heavy atom. The maximum atomic E-state index is 12.6. The first kappa shape index (κ1) is 18.1. The monoisotopic (exact) mass is 402 g/mol. The molecule has 9 nitrogen and oxygen atoms in total. The topological polar surface area (TPSA) is 124 Å². The van der Waals surface area contributed by atoms with Gasteiger partial charge in [0, 0.05) is 18.2 Å². The van der Waals surface area contributed by atoms with Crippen molar-refractivity contribution in [3.8, 4) is 0 Å². The molecule has 1 aliphatic carbocycles. The van der Waals surface area contributed by atoms with Crippen LogP contribution in [0, 0.1) is 10.1 Å². The van der Waals surface area contributed by atoms with Crippen LogP contribution in [-0.2, 0) is 21.4 Å². The molecule has 1 aliphatic heterocycles. The second-order valence-corrected chi connectivity index (χ2v) is 8.33. The fourth-order valence-corrected chi connectivity index (χ4v) is 4.83. The van der Waals surface area contributed by atoms with E-state index in [-0.39, 0.29) is 34.4 Å². The normalized spacial score (nSPS) is 17.3. The molecule has 2 aromatic rings. The Balaban J connectivity index is 1.51. The summed E-state index contributed by atoms with van der Waals surface area (Å²) in [5.74, 6) is -1.32. The molecule has 1 amide bonds. The molecule has 0 spiro atoms. The molecular formula is C18H14N2O7S. The van der Waals surface area contributed by atoms with Crippen LogP contribution in [-0.4, -0.2) is 35.6 Å². The summed E-state index contributed by atoms with van der Waals surface area (Å²) in [6.07, 6.45) is 1.28. The van der Waals surface area contributed by atoms with Gasteiger partial charge in [-0.1, -0.05) is 0 Å². The summed E-state index contributed by atoms with van der Waals surface area (Å²) in [7, 11) is -3.96. The number of amides is 1. The van der Waals surface area contributed by atoms with Crippen molar-refractivity contribution in [2.75, 3.05) is 0 Å². The zero-order valence-electron chi connectivity index (χ0n) is 14.4. The van der Waals surface area contributed by atoms with Crippen LogP contribution in [0.2, 0.25) is 0 Å². The van der Waals surface area contributed by atoms with Gasteiger partial charge in [-0.3, -0.25) is 14.9 Å². The van der Waals surface area contributed by atoms with Crippen molar-refractivity contribution < 1.29 is 27.7 Å². The van der Waals surface area contributed by atoms with E-state index in [0.29, 0.717) is 18.4 Å². The van der Waals surface area contributed by atoms with E-state index < -0.39 is 26.8 Å². The number of nitro groups is 1. The van der Waals surface area contributed by atoms with Crippen molar-refractivity contribution in [2.24, 2.45) is 0 Å². The molecule has 0 radical (unpaired) electrons. The fourth-order valence-electron chi connectivity index (χ4n) is 2.99. The smallest absolute Gasteiger partial charge is 0.338 e. The molecule has 1 saturated carbocycles. The van der Waals surface area contributed by atoms with Crippen LogP contribution in [0.3, 0.4) is 0 Å². The Morgan fingerprint density at radius 3 is 2.46 bits per heavy atom. The second kappa shape index (κ2) is 6.41. The first-order valence-corrected chi connectivity index (χ1v) is 9.86. The first-order valence-electron chi connectivity index (χ1n) is 8.42. The standard InChI is InChI=1S/C18H14N2O7S/c21-17-15-8-3-12(9-16(15)28(25,26)19(17)13-6-7-13)18(22)27-10-11-1-4-14(5-2-11)20(23)24/h1-5,8-9,13H,6-7,10H2. The highest BCUT2D eigenvalue weighted by atomic mass is 32.2. The number of fused-ring (bicyclic) bond motifs is 1. The number of sulfonamides is 1. The number of hydrogen-bond acceptors (Lipinski definition) is 7. The Hall–Kier alpha value is -3.27. The summed E-state index contributed by atoms with van der Waals surface area (Å²) >= 11 is 0. The minimum absolute atomic E-state index is 0.00897. The van der Waals surface area contributed by atoms with Gasteiger partial charge in [-0.15, -0.1) is 0 Å². The van der Waals surface area contributed by atoms with Crippen molar-refractivity contribution in [1.82, 2.24) is 4.31 Å². The predicted molar refractivity (Wildman–Crippen MR) is 95.0 cm³/mol. The molecule has 4 rings (SSSR count). The average molecular weight is 402 g/mol. The van der Waals surface area contributed by atoms with Gasteiger partial charge in [-0.05, 0) is 48.7 Å². The number of esters is 1. The van der Waals surface area contributed by atoms with Crippen molar-refractivity contribution >= 4 is 27.6 Å². The number of rotatable bonds is 5. The van der Waals surface area contributed by atoms with E-state index >= 15 is 0 Å². The third-order valence-corrected chi connectivity index (χ3v) is 6.46. The molecule has 1 fully saturated rings. The Labute approximate surface area is 159 Å². The highest BCUT2D eigenvalue weighted by Crippen LogP contribution is 2.39. The minimum atomic E-state index is -3.96. The summed E-state index contributed by atoms with van der Waals surface area (Å²) in [6.45, 7) is -0.131. The van der Waals surface area contributed by atoms with Gasteiger partial charge < -0.3 is 4.74 Å². The van der Waals surface area contributed by atoms with E-state index in [9.17, 15) is 28.1 Å². The average Bonchev–Trinajstić information content (AvgIpc) is 3.47. The van der Waals surface area contributed by atoms with Crippen LogP contribution in [0.5, 0.6) is 0 Å². The summed E-state index contributed by atoms with van der Waals surface area (Å²) in [5, 5.41) is 10.6. The fraction of sp³-hybridized carbons (Fsp3) is 0.222. The lowest BCUT2D eigenvalue weighted by molar-refractivity contribution is -0.384. The van der Waals surface area contributed by atoms with E-state index in [0.717, 1.165) is 10.4 Å². The number of nitro benzene ring substituents is 1. The van der Waals surface area contributed by atoms with Gasteiger partial charge in [0.1, 0.15) is 11.5 Å². The van der Waals surface area contributed by atoms with E-state index in [1.54, 1.807) is 0 Å². The number of hydrogen-bond donors (Lipinski definition) is 0.